The molecule has 1 aromatic carbocycles. The molecule has 3 aliphatic rings. The molecule has 7 nitrogen and oxygen atoms in total. The van der Waals surface area contributed by atoms with E-state index >= 15 is 0 Å². The molecule has 0 amide bonds. The van der Waals surface area contributed by atoms with Gasteiger partial charge in [-0.15, -0.1) is 13.2 Å². The quantitative estimate of drug-likeness (QED) is 0.667. The predicted octanol–water partition coefficient (Wildman–Crippen LogP) is 3.01. The summed E-state index contributed by atoms with van der Waals surface area (Å²) >= 11 is 0. The molecule has 1 N–H and O–H groups in total. The Balaban J connectivity index is 1.15. The summed E-state index contributed by atoms with van der Waals surface area (Å²) in [4.78, 5) is 16.4. The fraction of sp³-hybridized carbons (Fsp3) is 0.600. The molecule has 3 heterocycles. The van der Waals surface area contributed by atoms with Crippen molar-refractivity contribution in [1.29, 1.82) is 0 Å². The summed E-state index contributed by atoms with van der Waals surface area (Å²) in [6.45, 7) is 5.37. The Hall–Kier alpha value is -2.43. The van der Waals surface area contributed by atoms with E-state index in [1.54, 1.807) is 12.1 Å². The minimum Gasteiger partial charge on any atom is -0.406 e. The van der Waals surface area contributed by atoms with Crippen molar-refractivity contribution in [1.82, 2.24) is 19.8 Å². The zero-order chi connectivity index (χ0) is 24.4. The first kappa shape index (κ1) is 24.3. The van der Waals surface area contributed by atoms with Crippen LogP contribution in [0.4, 0.5) is 19.1 Å². The number of hydrogen-bond acceptors (Lipinski definition) is 7. The first-order valence-electron chi connectivity index (χ1n) is 12.4. The van der Waals surface area contributed by atoms with Gasteiger partial charge >= 0.3 is 6.36 Å². The Morgan fingerprint density at radius 2 is 1.71 bits per heavy atom. The van der Waals surface area contributed by atoms with Crippen LogP contribution in [-0.2, 0) is 19.3 Å². The minimum absolute atomic E-state index is 0.264. The number of ether oxygens (including phenoxy) is 1. The minimum atomic E-state index is -4.71. The molecule has 1 atom stereocenters. The van der Waals surface area contributed by atoms with Crippen molar-refractivity contribution < 1.29 is 23.0 Å². The summed E-state index contributed by atoms with van der Waals surface area (Å²) in [6.07, 6.45) is 2.30. The molecule has 1 aromatic heterocycles. The highest BCUT2D eigenvalue weighted by molar-refractivity contribution is 5.35. The molecular formula is C25H32F3N5O2. The number of hydrogen-bond donors (Lipinski definition) is 1. The number of aromatic nitrogens is 2. The van der Waals surface area contributed by atoms with Gasteiger partial charge in [0.1, 0.15) is 12.0 Å². The molecule has 0 radical (unpaired) electrons. The van der Waals surface area contributed by atoms with Gasteiger partial charge in [0.15, 0.2) is 0 Å². The third-order valence-corrected chi connectivity index (χ3v) is 7.43. The summed E-state index contributed by atoms with van der Waals surface area (Å²) in [5.41, 5.74) is 2.90. The second kappa shape index (κ2) is 10.3. The van der Waals surface area contributed by atoms with Crippen LogP contribution in [0.1, 0.15) is 36.1 Å². The van der Waals surface area contributed by atoms with Crippen LogP contribution in [0.3, 0.4) is 0 Å². The lowest BCUT2D eigenvalue weighted by atomic mass is 9.91. The summed E-state index contributed by atoms with van der Waals surface area (Å²) in [5, 5.41) is 10.8. The fourth-order valence-electron chi connectivity index (χ4n) is 5.14. The number of aliphatic hydroxyl groups is 1. The Bertz CT molecular complexity index is 992. The van der Waals surface area contributed by atoms with Crippen molar-refractivity contribution in [3.8, 4) is 5.75 Å². The molecular weight excluding hydrogens is 459 g/mol. The lowest BCUT2D eigenvalue weighted by molar-refractivity contribution is -0.274. The molecule has 2 aromatic rings. The van der Waals surface area contributed by atoms with Gasteiger partial charge in [-0.25, -0.2) is 9.97 Å². The summed E-state index contributed by atoms with van der Waals surface area (Å²) < 4.78 is 41.0. The topological polar surface area (TPSA) is 65.0 Å². The van der Waals surface area contributed by atoms with Gasteiger partial charge in [0, 0.05) is 64.3 Å². The van der Waals surface area contributed by atoms with Crippen molar-refractivity contribution in [3.05, 3.63) is 47.3 Å². The molecule has 1 saturated heterocycles. The zero-order valence-corrected chi connectivity index (χ0v) is 19.8. The number of alkyl halides is 3. The number of aliphatic hydroxyl groups excluding tert-OH is 1. The van der Waals surface area contributed by atoms with Gasteiger partial charge in [-0.3, -0.25) is 9.80 Å². The highest BCUT2D eigenvalue weighted by atomic mass is 19.4. The van der Waals surface area contributed by atoms with Crippen LogP contribution in [0.25, 0.3) is 0 Å². The highest BCUT2D eigenvalue weighted by Gasteiger charge is 2.31. The maximum atomic E-state index is 12.4. The van der Waals surface area contributed by atoms with Gasteiger partial charge in [-0.05, 0) is 42.5 Å². The largest absolute Gasteiger partial charge is 0.573 e. The molecule has 1 unspecified atom stereocenters. The van der Waals surface area contributed by atoms with Crippen LogP contribution in [0, 0.1) is 0 Å². The Morgan fingerprint density at radius 3 is 2.37 bits per heavy atom. The normalized spacial score (nSPS) is 21.2. The van der Waals surface area contributed by atoms with Gasteiger partial charge in [-0.1, -0.05) is 18.6 Å². The van der Waals surface area contributed by atoms with Gasteiger partial charge in [-0.2, -0.15) is 0 Å². The second-order valence-electron chi connectivity index (χ2n) is 9.66. The first-order chi connectivity index (χ1) is 16.8. The van der Waals surface area contributed by atoms with Gasteiger partial charge in [0.2, 0.25) is 5.95 Å². The van der Waals surface area contributed by atoms with Crippen LogP contribution in [0.5, 0.6) is 5.75 Å². The van der Waals surface area contributed by atoms with Gasteiger partial charge in [0.25, 0.3) is 0 Å². The Kier molecular flexibility index (Phi) is 7.13. The SMILES string of the molecule is OC(Cc1ccc(OC(F)(F)F)cc1)N1CCc2cnc(N3CCN(C4CCC4)CC3)nc2CC1. The number of rotatable bonds is 6. The lowest BCUT2D eigenvalue weighted by Crippen LogP contribution is -2.52. The van der Waals surface area contributed by atoms with Crippen LogP contribution < -0.4 is 9.64 Å². The van der Waals surface area contributed by atoms with E-state index in [1.807, 2.05) is 11.1 Å². The van der Waals surface area contributed by atoms with Crippen molar-refractivity contribution in [2.24, 2.45) is 0 Å². The van der Waals surface area contributed by atoms with Crippen molar-refractivity contribution >= 4 is 5.95 Å². The average Bonchev–Trinajstić information content (AvgIpc) is 3.01. The zero-order valence-electron chi connectivity index (χ0n) is 19.8. The van der Waals surface area contributed by atoms with E-state index in [4.69, 9.17) is 4.98 Å². The monoisotopic (exact) mass is 491 g/mol. The van der Waals surface area contributed by atoms with E-state index in [0.29, 0.717) is 19.5 Å². The van der Waals surface area contributed by atoms with E-state index in [0.717, 1.165) is 67.8 Å². The number of halogens is 3. The number of benzene rings is 1. The van der Waals surface area contributed by atoms with E-state index in [2.05, 4.69) is 19.5 Å². The number of anilines is 1. The number of piperazine rings is 1. The number of fused-ring (bicyclic) bond motifs is 1. The number of nitrogens with zero attached hydrogens (tertiary/aromatic N) is 5. The predicted molar refractivity (Wildman–Crippen MR) is 125 cm³/mol. The van der Waals surface area contributed by atoms with E-state index in [-0.39, 0.29) is 5.75 Å². The van der Waals surface area contributed by atoms with Gasteiger partial charge in [0.05, 0.1) is 5.69 Å². The third kappa shape index (κ3) is 6.05. The van der Waals surface area contributed by atoms with Crippen LogP contribution in [0.2, 0.25) is 0 Å². The average molecular weight is 492 g/mol. The lowest BCUT2D eigenvalue weighted by Gasteiger charge is -2.43. The summed E-state index contributed by atoms with van der Waals surface area (Å²) in [5.74, 6) is 0.534. The van der Waals surface area contributed by atoms with Crippen LogP contribution in [-0.4, -0.2) is 82.8 Å². The molecule has 2 aliphatic heterocycles. The molecule has 1 saturated carbocycles. The molecule has 0 spiro atoms. The smallest absolute Gasteiger partial charge is 0.406 e. The summed E-state index contributed by atoms with van der Waals surface area (Å²) in [6, 6.07) is 6.43. The van der Waals surface area contributed by atoms with E-state index in [9.17, 15) is 18.3 Å². The Labute approximate surface area is 203 Å². The second-order valence-corrected chi connectivity index (χ2v) is 9.66. The fourth-order valence-corrected chi connectivity index (χ4v) is 5.14. The maximum absolute atomic E-state index is 12.4. The Morgan fingerprint density at radius 1 is 1.00 bits per heavy atom. The van der Waals surface area contributed by atoms with E-state index < -0.39 is 12.6 Å². The van der Waals surface area contributed by atoms with Crippen LogP contribution in [0.15, 0.2) is 30.5 Å². The molecule has 5 rings (SSSR count). The van der Waals surface area contributed by atoms with Crippen molar-refractivity contribution in [3.63, 3.8) is 0 Å². The van der Waals surface area contributed by atoms with Crippen LogP contribution >= 0.6 is 0 Å². The first-order valence-corrected chi connectivity index (χ1v) is 12.4. The van der Waals surface area contributed by atoms with Crippen molar-refractivity contribution in [2.75, 3.05) is 44.2 Å². The van der Waals surface area contributed by atoms with E-state index in [1.165, 1.54) is 31.4 Å². The standard InChI is InChI=1S/C25H32F3N5O2/c26-25(27,28)35-21-6-4-18(5-7-21)16-23(34)32-10-8-19-17-29-24(30-22(19)9-11-32)33-14-12-31(13-15-33)20-2-1-3-20/h4-7,17,20,23,34H,1-3,8-16H2. The highest BCUT2D eigenvalue weighted by Crippen LogP contribution is 2.27. The molecule has 35 heavy (non-hydrogen) atoms. The summed E-state index contributed by atoms with van der Waals surface area (Å²) in [7, 11) is 0. The molecule has 1 aliphatic carbocycles. The maximum Gasteiger partial charge on any atom is 0.573 e. The molecule has 2 fully saturated rings. The van der Waals surface area contributed by atoms with Gasteiger partial charge < -0.3 is 14.7 Å². The third-order valence-electron chi connectivity index (χ3n) is 7.43. The van der Waals surface area contributed by atoms with Crippen molar-refractivity contribution in [2.45, 2.75) is 57.2 Å². The molecule has 190 valence electrons. The molecule has 10 heteroatoms. The molecule has 0 bridgehead atoms.